The van der Waals surface area contributed by atoms with E-state index in [4.69, 9.17) is 4.42 Å². The van der Waals surface area contributed by atoms with Crippen LogP contribution in [0, 0.1) is 11.6 Å². The van der Waals surface area contributed by atoms with Crippen molar-refractivity contribution in [3.63, 3.8) is 0 Å². The number of nitrogens with zero attached hydrogens (tertiary/aromatic N) is 1. The van der Waals surface area contributed by atoms with E-state index in [1.165, 1.54) is 24.7 Å². The molecule has 3 aromatic rings. The van der Waals surface area contributed by atoms with Gasteiger partial charge in [0.1, 0.15) is 17.4 Å². The number of hydrogen-bond acceptors (Lipinski definition) is 4. The van der Waals surface area contributed by atoms with Crippen molar-refractivity contribution in [3.05, 3.63) is 83.6 Å². The van der Waals surface area contributed by atoms with Gasteiger partial charge >= 0.3 is 0 Å². The molecule has 0 unspecified atom stereocenters. The lowest BCUT2D eigenvalue weighted by Crippen LogP contribution is -2.23. The van der Waals surface area contributed by atoms with Gasteiger partial charge in [0, 0.05) is 18.5 Å². The smallest absolute Gasteiger partial charge is 0.257 e. The molecule has 2 heterocycles. The average molecular weight is 357 g/mol. The zero-order chi connectivity index (χ0) is 18.5. The molecule has 0 fully saturated rings. The second-order valence-corrected chi connectivity index (χ2v) is 5.30. The Balaban J connectivity index is 1.69. The quantitative estimate of drug-likeness (QED) is 0.735. The summed E-state index contributed by atoms with van der Waals surface area (Å²) in [6.45, 7) is 0.184. The number of rotatable bonds is 5. The molecule has 2 amide bonds. The van der Waals surface area contributed by atoms with E-state index < -0.39 is 23.4 Å². The van der Waals surface area contributed by atoms with Crippen LogP contribution < -0.4 is 10.6 Å². The fourth-order valence-corrected chi connectivity index (χ4v) is 2.16. The molecule has 0 aliphatic rings. The van der Waals surface area contributed by atoms with Crippen molar-refractivity contribution in [2.75, 3.05) is 5.32 Å². The fourth-order valence-electron chi connectivity index (χ4n) is 2.16. The van der Waals surface area contributed by atoms with Crippen LogP contribution in [0.1, 0.15) is 26.5 Å². The van der Waals surface area contributed by atoms with Crippen LogP contribution in [-0.4, -0.2) is 16.8 Å². The average Bonchev–Trinajstić information content (AvgIpc) is 3.15. The van der Waals surface area contributed by atoms with E-state index in [9.17, 15) is 18.4 Å². The molecule has 8 heteroatoms. The third kappa shape index (κ3) is 4.10. The van der Waals surface area contributed by atoms with Gasteiger partial charge < -0.3 is 15.1 Å². The number of hydrogen-bond donors (Lipinski definition) is 2. The van der Waals surface area contributed by atoms with Gasteiger partial charge in [0.2, 0.25) is 0 Å². The summed E-state index contributed by atoms with van der Waals surface area (Å²) in [6.07, 6.45) is 4.02. The van der Waals surface area contributed by atoms with Gasteiger partial charge in [-0.3, -0.25) is 14.6 Å². The first-order valence-electron chi connectivity index (χ1n) is 7.55. The molecule has 0 saturated carbocycles. The minimum atomic E-state index is -0.904. The lowest BCUT2D eigenvalue weighted by molar-refractivity contribution is 0.0947. The zero-order valence-corrected chi connectivity index (χ0v) is 13.3. The van der Waals surface area contributed by atoms with Crippen molar-refractivity contribution >= 4 is 17.5 Å². The molecule has 1 aromatic carbocycles. The van der Waals surface area contributed by atoms with Crippen molar-refractivity contribution in [2.24, 2.45) is 0 Å². The van der Waals surface area contributed by atoms with Crippen molar-refractivity contribution in [2.45, 2.75) is 6.54 Å². The summed E-state index contributed by atoms with van der Waals surface area (Å²) in [5, 5.41) is 4.93. The Morgan fingerprint density at radius 3 is 2.50 bits per heavy atom. The number of nitrogens with one attached hydrogen (secondary N) is 2. The largest absolute Gasteiger partial charge is 0.467 e. The number of anilines is 1. The summed E-state index contributed by atoms with van der Waals surface area (Å²) in [6, 6.07) is 7.52. The number of aromatic nitrogens is 1. The SMILES string of the molecule is O=C(NCc1ccco1)c1cncc(C(=O)Nc2ccc(F)cc2F)c1. The molecule has 6 nitrogen and oxygen atoms in total. The normalized spacial score (nSPS) is 10.4. The van der Waals surface area contributed by atoms with Gasteiger partial charge in [0.05, 0.1) is 29.6 Å². The van der Waals surface area contributed by atoms with E-state index in [0.717, 1.165) is 12.1 Å². The van der Waals surface area contributed by atoms with Gasteiger partial charge in [-0.2, -0.15) is 0 Å². The molecule has 0 radical (unpaired) electrons. The first kappa shape index (κ1) is 17.3. The van der Waals surface area contributed by atoms with Gasteiger partial charge in [-0.25, -0.2) is 8.78 Å². The molecule has 2 N–H and O–H groups in total. The van der Waals surface area contributed by atoms with E-state index in [1.807, 2.05) is 0 Å². The van der Waals surface area contributed by atoms with Crippen LogP contribution in [0.2, 0.25) is 0 Å². The van der Waals surface area contributed by atoms with Crippen LogP contribution in [0.3, 0.4) is 0 Å². The Kier molecular flexibility index (Phi) is 5.02. The summed E-state index contributed by atoms with van der Waals surface area (Å²) in [5.74, 6) is -2.21. The molecule has 2 aromatic heterocycles. The highest BCUT2D eigenvalue weighted by atomic mass is 19.1. The standard InChI is InChI=1S/C18H13F2N3O3/c19-13-3-4-16(15(20)7-13)23-18(25)12-6-11(8-21-9-12)17(24)22-10-14-2-1-5-26-14/h1-9H,10H2,(H,22,24)(H,23,25). The first-order valence-corrected chi connectivity index (χ1v) is 7.55. The first-order chi connectivity index (χ1) is 12.5. The molecule has 26 heavy (non-hydrogen) atoms. The van der Waals surface area contributed by atoms with E-state index in [2.05, 4.69) is 15.6 Å². The highest BCUT2D eigenvalue weighted by molar-refractivity contribution is 6.05. The second-order valence-electron chi connectivity index (χ2n) is 5.30. The number of amides is 2. The maximum absolute atomic E-state index is 13.6. The minimum absolute atomic E-state index is 0.0550. The molecule has 0 spiro atoms. The van der Waals surface area contributed by atoms with Gasteiger partial charge in [0.15, 0.2) is 0 Å². The summed E-state index contributed by atoms with van der Waals surface area (Å²) >= 11 is 0. The van der Waals surface area contributed by atoms with Crippen molar-refractivity contribution in [3.8, 4) is 0 Å². The van der Waals surface area contributed by atoms with E-state index in [-0.39, 0.29) is 23.4 Å². The third-order valence-electron chi connectivity index (χ3n) is 3.45. The number of halogens is 2. The lowest BCUT2D eigenvalue weighted by Gasteiger charge is -2.08. The highest BCUT2D eigenvalue weighted by Crippen LogP contribution is 2.16. The zero-order valence-electron chi connectivity index (χ0n) is 13.3. The molecule has 0 aliphatic carbocycles. The van der Waals surface area contributed by atoms with Gasteiger partial charge in [-0.1, -0.05) is 0 Å². The summed E-state index contributed by atoms with van der Waals surface area (Å²) in [7, 11) is 0. The number of pyridine rings is 1. The number of furan rings is 1. The topological polar surface area (TPSA) is 84.2 Å². The van der Waals surface area contributed by atoms with Crippen LogP contribution in [0.15, 0.2) is 59.5 Å². The van der Waals surface area contributed by atoms with E-state index in [1.54, 1.807) is 12.1 Å². The Morgan fingerprint density at radius 2 is 1.81 bits per heavy atom. The van der Waals surface area contributed by atoms with Crippen molar-refractivity contribution in [1.29, 1.82) is 0 Å². The Labute approximate surface area is 146 Å². The van der Waals surface area contributed by atoms with Crippen molar-refractivity contribution < 1.29 is 22.8 Å². The molecule has 0 bridgehead atoms. The maximum Gasteiger partial charge on any atom is 0.257 e. The summed E-state index contributed by atoms with van der Waals surface area (Å²) in [5.41, 5.74) is 0.0345. The molecule has 132 valence electrons. The molecule has 0 saturated heterocycles. The van der Waals surface area contributed by atoms with Gasteiger partial charge in [-0.05, 0) is 30.3 Å². The molecule has 0 aliphatic heterocycles. The van der Waals surface area contributed by atoms with Gasteiger partial charge in [0.25, 0.3) is 11.8 Å². The predicted octanol–water partition coefficient (Wildman–Crippen LogP) is 3.14. The van der Waals surface area contributed by atoms with Gasteiger partial charge in [-0.15, -0.1) is 0 Å². The van der Waals surface area contributed by atoms with Crippen LogP contribution in [0.5, 0.6) is 0 Å². The fraction of sp³-hybridized carbons (Fsp3) is 0.0556. The number of benzene rings is 1. The maximum atomic E-state index is 13.6. The summed E-state index contributed by atoms with van der Waals surface area (Å²) in [4.78, 5) is 28.2. The molecule has 3 rings (SSSR count). The number of carbonyl (C=O) groups excluding carboxylic acids is 2. The van der Waals surface area contributed by atoms with Crippen molar-refractivity contribution in [1.82, 2.24) is 10.3 Å². The van der Waals surface area contributed by atoms with Crippen LogP contribution in [-0.2, 0) is 6.54 Å². The van der Waals surface area contributed by atoms with E-state index >= 15 is 0 Å². The third-order valence-corrected chi connectivity index (χ3v) is 3.45. The molecule has 0 atom stereocenters. The van der Waals surface area contributed by atoms with Crippen LogP contribution >= 0.6 is 0 Å². The Hall–Kier alpha value is -3.55. The van der Waals surface area contributed by atoms with Crippen LogP contribution in [0.25, 0.3) is 0 Å². The highest BCUT2D eigenvalue weighted by Gasteiger charge is 2.14. The Bertz CT molecular complexity index is 943. The molecular formula is C18H13F2N3O3. The minimum Gasteiger partial charge on any atom is -0.467 e. The lowest BCUT2D eigenvalue weighted by atomic mass is 10.1. The van der Waals surface area contributed by atoms with Crippen LogP contribution in [0.4, 0.5) is 14.5 Å². The number of carbonyl (C=O) groups is 2. The van der Waals surface area contributed by atoms with E-state index in [0.29, 0.717) is 11.8 Å². The monoisotopic (exact) mass is 357 g/mol. The predicted molar refractivity (Wildman–Crippen MR) is 88.4 cm³/mol. The second kappa shape index (κ2) is 7.56. The molecular weight excluding hydrogens is 344 g/mol. The Morgan fingerprint density at radius 1 is 1.04 bits per heavy atom. The summed E-state index contributed by atoms with van der Waals surface area (Å²) < 4.78 is 31.6.